The second-order valence-corrected chi connectivity index (χ2v) is 7.16. The van der Waals surface area contributed by atoms with Crippen molar-refractivity contribution >= 4 is 18.6 Å². The number of aliphatic hydroxyl groups excluding tert-OH is 2. The van der Waals surface area contributed by atoms with E-state index in [1.807, 2.05) is 27.7 Å². The molecule has 1 aromatic heterocycles. The number of hydrogen-bond acceptors (Lipinski definition) is 7. The molecular formula is C17H26BNO6. The zero-order chi connectivity index (χ0) is 18.8. The maximum absolute atomic E-state index is 11.5. The highest BCUT2D eigenvalue weighted by Gasteiger charge is 2.51. The zero-order valence-electron chi connectivity index (χ0n) is 15.4. The van der Waals surface area contributed by atoms with Crippen LogP contribution in [-0.4, -0.2) is 52.2 Å². The molecule has 2 unspecified atom stereocenters. The van der Waals surface area contributed by atoms with E-state index in [1.165, 1.54) is 6.20 Å². The first kappa shape index (κ1) is 19.8. The van der Waals surface area contributed by atoms with Crippen LogP contribution in [0.2, 0.25) is 0 Å². The van der Waals surface area contributed by atoms with E-state index in [0.29, 0.717) is 11.0 Å². The fraction of sp³-hybridized carbons (Fsp3) is 0.647. The molecule has 0 radical (unpaired) electrons. The maximum Gasteiger partial charge on any atom is 0.496 e. The molecule has 1 aliphatic rings. The van der Waals surface area contributed by atoms with Crippen LogP contribution in [0, 0.1) is 0 Å². The fourth-order valence-corrected chi connectivity index (χ4v) is 2.47. The van der Waals surface area contributed by atoms with Gasteiger partial charge in [0, 0.05) is 23.4 Å². The molecule has 0 spiro atoms. The average Bonchev–Trinajstić information content (AvgIpc) is 2.75. The van der Waals surface area contributed by atoms with Gasteiger partial charge in [-0.3, -0.25) is 9.78 Å². The van der Waals surface area contributed by atoms with Crippen LogP contribution in [0.4, 0.5) is 0 Å². The van der Waals surface area contributed by atoms with Crippen LogP contribution in [0.25, 0.3) is 0 Å². The Morgan fingerprint density at radius 2 is 1.84 bits per heavy atom. The number of ether oxygens (including phenoxy) is 1. The minimum absolute atomic E-state index is 0.223. The average molecular weight is 351 g/mol. The molecule has 1 aromatic rings. The molecule has 2 N–H and O–H groups in total. The lowest BCUT2D eigenvalue weighted by molar-refractivity contribution is -0.147. The van der Waals surface area contributed by atoms with E-state index >= 15 is 0 Å². The molecule has 138 valence electrons. The largest absolute Gasteiger partial charge is 0.496 e. The Morgan fingerprint density at radius 1 is 1.24 bits per heavy atom. The summed E-state index contributed by atoms with van der Waals surface area (Å²) in [6, 6.07) is 1.66. The molecule has 2 atom stereocenters. The van der Waals surface area contributed by atoms with Gasteiger partial charge in [-0.05, 0) is 34.6 Å². The number of nitrogens with zero attached hydrogens (tertiary/aromatic N) is 1. The molecule has 25 heavy (non-hydrogen) atoms. The number of rotatable bonds is 6. The summed E-state index contributed by atoms with van der Waals surface area (Å²) in [6.45, 7) is 9.69. The first-order valence-electron chi connectivity index (χ1n) is 8.39. The predicted octanol–water partition coefficient (Wildman–Crippen LogP) is 0.728. The third-order valence-electron chi connectivity index (χ3n) is 4.69. The lowest BCUT2D eigenvalue weighted by atomic mass is 9.79. The van der Waals surface area contributed by atoms with Crippen LogP contribution >= 0.6 is 0 Å². The molecule has 0 aromatic carbocycles. The van der Waals surface area contributed by atoms with Crippen LogP contribution in [0.1, 0.15) is 52.7 Å². The van der Waals surface area contributed by atoms with Crippen LogP contribution in [-0.2, 0) is 18.8 Å². The van der Waals surface area contributed by atoms with Crippen molar-refractivity contribution in [3.05, 3.63) is 24.0 Å². The molecule has 7 nitrogen and oxygen atoms in total. The number of carbonyl (C=O) groups excluding carboxylic acids is 1. The third-order valence-corrected chi connectivity index (χ3v) is 4.69. The molecule has 0 saturated carbocycles. The predicted molar refractivity (Wildman–Crippen MR) is 92.2 cm³/mol. The van der Waals surface area contributed by atoms with Crippen molar-refractivity contribution < 1.29 is 29.1 Å². The summed E-state index contributed by atoms with van der Waals surface area (Å²) in [5.74, 6) is -0.566. The molecule has 2 heterocycles. The summed E-state index contributed by atoms with van der Waals surface area (Å²) in [5, 5.41) is 20.3. The lowest BCUT2D eigenvalue weighted by Crippen LogP contribution is -2.41. The number of pyridine rings is 1. The Hall–Kier alpha value is -1.48. The van der Waals surface area contributed by atoms with E-state index in [4.69, 9.17) is 14.0 Å². The number of hydrogen-bond donors (Lipinski definition) is 2. The Balaban J connectivity index is 2.12. The van der Waals surface area contributed by atoms with Gasteiger partial charge in [0.2, 0.25) is 0 Å². The molecule has 1 fully saturated rings. The second-order valence-electron chi connectivity index (χ2n) is 7.16. The number of aliphatic hydroxyl groups is 2. The van der Waals surface area contributed by atoms with Crippen molar-refractivity contribution in [3.8, 4) is 0 Å². The Morgan fingerprint density at radius 3 is 2.40 bits per heavy atom. The third kappa shape index (κ3) is 4.38. The molecule has 0 bridgehead atoms. The monoisotopic (exact) mass is 351 g/mol. The van der Waals surface area contributed by atoms with Gasteiger partial charge in [-0.1, -0.05) is 6.07 Å². The molecule has 8 heteroatoms. The number of carbonyl (C=O) groups is 1. The van der Waals surface area contributed by atoms with E-state index in [-0.39, 0.29) is 13.0 Å². The van der Waals surface area contributed by atoms with Crippen LogP contribution in [0.5, 0.6) is 0 Å². The highest BCUT2D eigenvalue weighted by Crippen LogP contribution is 2.36. The van der Waals surface area contributed by atoms with E-state index in [0.717, 1.165) is 0 Å². The van der Waals surface area contributed by atoms with E-state index < -0.39 is 36.5 Å². The van der Waals surface area contributed by atoms with Crippen molar-refractivity contribution in [2.45, 2.75) is 64.4 Å². The van der Waals surface area contributed by atoms with Gasteiger partial charge in [0.1, 0.15) is 6.10 Å². The molecular weight excluding hydrogens is 325 g/mol. The van der Waals surface area contributed by atoms with E-state index in [2.05, 4.69) is 4.98 Å². The highest BCUT2D eigenvalue weighted by molar-refractivity contribution is 6.62. The van der Waals surface area contributed by atoms with Gasteiger partial charge in [-0.2, -0.15) is 0 Å². The zero-order valence-corrected chi connectivity index (χ0v) is 15.4. The highest BCUT2D eigenvalue weighted by atomic mass is 16.7. The minimum atomic E-state index is -1.28. The van der Waals surface area contributed by atoms with Crippen molar-refractivity contribution in [1.82, 2.24) is 4.98 Å². The van der Waals surface area contributed by atoms with Gasteiger partial charge in [0.05, 0.1) is 30.3 Å². The number of esters is 1. The fourth-order valence-electron chi connectivity index (χ4n) is 2.47. The first-order chi connectivity index (χ1) is 11.6. The summed E-state index contributed by atoms with van der Waals surface area (Å²) in [4.78, 5) is 15.6. The summed E-state index contributed by atoms with van der Waals surface area (Å²) < 4.78 is 16.7. The second kappa shape index (κ2) is 7.41. The summed E-state index contributed by atoms with van der Waals surface area (Å²) in [7, 11) is -0.619. The smallest absolute Gasteiger partial charge is 0.466 e. The lowest BCUT2D eigenvalue weighted by Gasteiger charge is -2.32. The van der Waals surface area contributed by atoms with Crippen molar-refractivity contribution in [2.24, 2.45) is 0 Å². The topological polar surface area (TPSA) is 98.1 Å². The van der Waals surface area contributed by atoms with Gasteiger partial charge < -0.3 is 24.3 Å². The minimum Gasteiger partial charge on any atom is -0.466 e. The molecule has 2 rings (SSSR count). The van der Waals surface area contributed by atoms with E-state index in [9.17, 15) is 15.0 Å². The van der Waals surface area contributed by atoms with Crippen LogP contribution in [0.3, 0.4) is 0 Å². The van der Waals surface area contributed by atoms with Crippen molar-refractivity contribution in [2.75, 3.05) is 6.61 Å². The molecule has 1 saturated heterocycles. The Labute approximate surface area is 148 Å². The Kier molecular flexibility index (Phi) is 5.88. The first-order valence-corrected chi connectivity index (χ1v) is 8.39. The molecule has 0 amide bonds. The summed E-state index contributed by atoms with van der Waals surface area (Å²) in [5.41, 5.74) is 0.0355. The van der Waals surface area contributed by atoms with Gasteiger partial charge in [-0.25, -0.2) is 0 Å². The Bertz CT molecular complexity index is 605. The maximum atomic E-state index is 11.5. The quantitative estimate of drug-likeness (QED) is 0.576. The standard InChI is InChI=1S/C17H26BNO6/c1-6-23-14(21)8-13(20)15(22)11-7-12(10-19-9-11)18-24-16(2,3)17(4,5)25-18/h7,9-10,13,15,20,22H,6,8H2,1-5H3. The van der Waals surface area contributed by atoms with Crippen LogP contribution < -0.4 is 5.46 Å². The normalized spacial score (nSPS) is 21.0. The summed E-state index contributed by atoms with van der Waals surface area (Å²) >= 11 is 0. The van der Waals surface area contributed by atoms with Crippen LogP contribution in [0.15, 0.2) is 18.5 Å². The van der Waals surface area contributed by atoms with Gasteiger partial charge >= 0.3 is 13.1 Å². The van der Waals surface area contributed by atoms with Crippen molar-refractivity contribution in [3.63, 3.8) is 0 Å². The molecule has 1 aliphatic heterocycles. The van der Waals surface area contributed by atoms with Gasteiger partial charge in [0.25, 0.3) is 0 Å². The summed E-state index contributed by atoms with van der Waals surface area (Å²) in [6.07, 6.45) is 0.188. The van der Waals surface area contributed by atoms with E-state index in [1.54, 1.807) is 19.2 Å². The molecule has 0 aliphatic carbocycles. The number of aromatic nitrogens is 1. The van der Waals surface area contributed by atoms with Gasteiger partial charge in [-0.15, -0.1) is 0 Å². The SMILES string of the molecule is CCOC(=O)CC(O)C(O)c1cncc(B2OC(C)(C)C(C)(C)O2)c1. The van der Waals surface area contributed by atoms with Crippen molar-refractivity contribution in [1.29, 1.82) is 0 Å². The van der Waals surface area contributed by atoms with Gasteiger partial charge in [0.15, 0.2) is 0 Å².